The predicted molar refractivity (Wildman–Crippen MR) is 99.5 cm³/mol. The van der Waals surface area contributed by atoms with Gasteiger partial charge in [0.25, 0.3) is 5.91 Å². The number of fused-ring (bicyclic) bond motifs is 1. The van der Waals surface area contributed by atoms with Gasteiger partial charge < -0.3 is 10.6 Å². The van der Waals surface area contributed by atoms with Crippen LogP contribution in [0.5, 0.6) is 0 Å². The molecule has 3 fully saturated rings. The van der Waals surface area contributed by atoms with Crippen LogP contribution in [0.4, 0.5) is 5.69 Å². The largest absolute Gasteiger partial charge is 0.338 e. The number of benzene rings is 1. The Kier molecular flexibility index (Phi) is 5.01. The Bertz CT molecular complexity index is 770. The number of likely N-dealkylation sites (tertiary alicyclic amines) is 1. The summed E-state index contributed by atoms with van der Waals surface area (Å²) in [5, 5.41) is 0. The molecule has 2 N–H and O–H groups in total. The Morgan fingerprint density at radius 3 is 2.68 bits per heavy atom. The van der Waals surface area contributed by atoms with Crippen molar-refractivity contribution in [3.05, 3.63) is 29.8 Å². The standard InChI is InChI=1S/C17H23N3O3S.ClH/c18-16-6-5-13-10-19(11-15(13)16)17(21)12-3-1-4-14(9-12)20-7-2-8-24(20,22)23;/h1,3-4,9,13,15-16H,2,5-8,10-11,18H2;1H. The fourth-order valence-electron chi connectivity index (χ4n) is 4.38. The number of rotatable bonds is 2. The van der Waals surface area contributed by atoms with Gasteiger partial charge in [-0.1, -0.05) is 6.07 Å². The van der Waals surface area contributed by atoms with Crippen molar-refractivity contribution in [3.63, 3.8) is 0 Å². The number of nitrogens with zero attached hydrogens (tertiary/aromatic N) is 2. The molecule has 0 radical (unpaired) electrons. The molecule has 1 saturated carbocycles. The molecule has 8 heteroatoms. The number of carbonyl (C=O) groups excluding carboxylic acids is 1. The van der Waals surface area contributed by atoms with Gasteiger partial charge in [-0.3, -0.25) is 9.10 Å². The van der Waals surface area contributed by atoms with Crippen molar-refractivity contribution in [2.24, 2.45) is 17.6 Å². The average molecular weight is 386 g/mol. The van der Waals surface area contributed by atoms with Crippen LogP contribution in [0.25, 0.3) is 0 Å². The first-order valence-electron chi connectivity index (χ1n) is 8.61. The van der Waals surface area contributed by atoms with E-state index in [0.717, 1.165) is 25.9 Å². The number of halogens is 1. The normalized spacial score (nSPS) is 30.2. The van der Waals surface area contributed by atoms with E-state index < -0.39 is 10.0 Å². The molecule has 6 nitrogen and oxygen atoms in total. The monoisotopic (exact) mass is 385 g/mol. The lowest BCUT2D eigenvalue weighted by molar-refractivity contribution is 0.0779. The summed E-state index contributed by atoms with van der Waals surface area (Å²) in [7, 11) is -3.23. The molecule has 1 aromatic carbocycles. The van der Waals surface area contributed by atoms with Crippen molar-refractivity contribution in [2.75, 3.05) is 29.7 Å². The van der Waals surface area contributed by atoms with Gasteiger partial charge in [0, 0.05) is 31.2 Å². The lowest BCUT2D eigenvalue weighted by Gasteiger charge is -2.21. The van der Waals surface area contributed by atoms with Crippen molar-refractivity contribution in [3.8, 4) is 0 Å². The summed E-state index contributed by atoms with van der Waals surface area (Å²) < 4.78 is 25.6. The van der Waals surface area contributed by atoms with Crippen LogP contribution in [-0.2, 0) is 10.0 Å². The summed E-state index contributed by atoms with van der Waals surface area (Å²) in [6, 6.07) is 7.20. The van der Waals surface area contributed by atoms with Crippen molar-refractivity contribution >= 4 is 34.0 Å². The van der Waals surface area contributed by atoms with Crippen LogP contribution < -0.4 is 10.0 Å². The van der Waals surface area contributed by atoms with Crippen LogP contribution >= 0.6 is 12.4 Å². The van der Waals surface area contributed by atoms with Crippen LogP contribution in [0.3, 0.4) is 0 Å². The van der Waals surface area contributed by atoms with E-state index in [-0.39, 0.29) is 30.1 Å². The molecule has 4 rings (SSSR count). The maximum absolute atomic E-state index is 12.8. The molecule has 2 aliphatic heterocycles. The van der Waals surface area contributed by atoms with Gasteiger partial charge >= 0.3 is 0 Å². The summed E-state index contributed by atoms with van der Waals surface area (Å²) in [4.78, 5) is 14.7. The minimum Gasteiger partial charge on any atom is -0.338 e. The third-order valence-corrected chi connectivity index (χ3v) is 7.55. The molecule has 3 aliphatic rings. The Hall–Kier alpha value is -1.31. The fourth-order valence-corrected chi connectivity index (χ4v) is 5.94. The zero-order valence-corrected chi connectivity index (χ0v) is 15.6. The highest BCUT2D eigenvalue weighted by Gasteiger charge is 2.42. The quantitative estimate of drug-likeness (QED) is 0.835. The average Bonchev–Trinajstić information content (AvgIpc) is 3.23. The molecule has 3 unspecified atom stereocenters. The first-order valence-corrected chi connectivity index (χ1v) is 10.2. The van der Waals surface area contributed by atoms with Gasteiger partial charge in [0.2, 0.25) is 10.0 Å². The summed E-state index contributed by atoms with van der Waals surface area (Å²) in [5.41, 5.74) is 7.30. The number of anilines is 1. The molecule has 0 aromatic heterocycles. The van der Waals surface area contributed by atoms with Gasteiger partial charge in [0.05, 0.1) is 11.4 Å². The molecule has 1 aromatic rings. The van der Waals surface area contributed by atoms with E-state index in [2.05, 4.69) is 0 Å². The van der Waals surface area contributed by atoms with E-state index in [9.17, 15) is 13.2 Å². The number of hydrogen-bond donors (Lipinski definition) is 1. The highest BCUT2D eigenvalue weighted by atomic mass is 35.5. The van der Waals surface area contributed by atoms with Crippen LogP contribution in [0.2, 0.25) is 0 Å². The van der Waals surface area contributed by atoms with Gasteiger partial charge in [0.15, 0.2) is 0 Å². The maximum Gasteiger partial charge on any atom is 0.253 e. The number of hydrogen-bond acceptors (Lipinski definition) is 4. The summed E-state index contributed by atoms with van der Waals surface area (Å²) in [5.74, 6) is 1.09. The Morgan fingerprint density at radius 2 is 2.00 bits per heavy atom. The summed E-state index contributed by atoms with van der Waals surface area (Å²) >= 11 is 0. The van der Waals surface area contributed by atoms with Crippen LogP contribution in [0.15, 0.2) is 24.3 Å². The maximum atomic E-state index is 12.8. The van der Waals surface area contributed by atoms with E-state index in [0.29, 0.717) is 36.1 Å². The second-order valence-electron chi connectivity index (χ2n) is 7.17. The molecule has 1 amide bonds. The number of carbonyl (C=O) groups is 1. The van der Waals surface area contributed by atoms with E-state index in [1.807, 2.05) is 4.90 Å². The van der Waals surface area contributed by atoms with E-state index in [1.165, 1.54) is 4.31 Å². The third kappa shape index (κ3) is 3.25. The van der Waals surface area contributed by atoms with Crippen molar-refractivity contribution in [1.29, 1.82) is 0 Å². The van der Waals surface area contributed by atoms with Crippen molar-refractivity contribution in [2.45, 2.75) is 25.3 Å². The second-order valence-corrected chi connectivity index (χ2v) is 9.18. The Balaban J connectivity index is 0.00000182. The Morgan fingerprint density at radius 1 is 1.20 bits per heavy atom. The van der Waals surface area contributed by atoms with Gasteiger partial charge in [-0.25, -0.2) is 8.42 Å². The zero-order chi connectivity index (χ0) is 16.9. The summed E-state index contributed by atoms with van der Waals surface area (Å²) in [6.07, 6.45) is 2.79. The molecule has 25 heavy (non-hydrogen) atoms. The van der Waals surface area contributed by atoms with Crippen molar-refractivity contribution < 1.29 is 13.2 Å². The molecule has 2 heterocycles. The van der Waals surface area contributed by atoms with Crippen LogP contribution in [-0.4, -0.2) is 50.7 Å². The molecule has 0 spiro atoms. The first kappa shape index (κ1) is 18.5. The highest BCUT2D eigenvalue weighted by Crippen LogP contribution is 2.37. The number of sulfonamides is 1. The topological polar surface area (TPSA) is 83.7 Å². The van der Waals surface area contributed by atoms with Gasteiger partial charge in [-0.15, -0.1) is 12.4 Å². The molecule has 1 aliphatic carbocycles. The fraction of sp³-hybridized carbons (Fsp3) is 0.588. The predicted octanol–water partition coefficient (Wildman–Crippen LogP) is 1.46. The minimum atomic E-state index is -3.23. The first-order chi connectivity index (χ1) is 11.5. The van der Waals surface area contributed by atoms with Gasteiger partial charge in [0.1, 0.15) is 0 Å². The molecule has 3 atom stereocenters. The molecular weight excluding hydrogens is 362 g/mol. The van der Waals surface area contributed by atoms with Crippen molar-refractivity contribution in [1.82, 2.24) is 4.90 Å². The smallest absolute Gasteiger partial charge is 0.253 e. The Labute approximate surface area is 154 Å². The highest BCUT2D eigenvalue weighted by molar-refractivity contribution is 7.93. The van der Waals surface area contributed by atoms with E-state index in [4.69, 9.17) is 5.73 Å². The molecule has 138 valence electrons. The number of amides is 1. The number of nitrogens with two attached hydrogens (primary N) is 1. The van der Waals surface area contributed by atoms with Gasteiger partial charge in [-0.2, -0.15) is 0 Å². The summed E-state index contributed by atoms with van der Waals surface area (Å²) in [6.45, 7) is 1.98. The third-order valence-electron chi connectivity index (χ3n) is 5.68. The van der Waals surface area contributed by atoms with Crippen LogP contribution in [0, 0.1) is 11.8 Å². The van der Waals surface area contributed by atoms with Gasteiger partial charge in [-0.05, 0) is 49.3 Å². The van der Waals surface area contributed by atoms with E-state index >= 15 is 0 Å². The lowest BCUT2D eigenvalue weighted by atomic mass is 9.98. The second kappa shape index (κ2) is 6.78. The molecular formula is C17H24ClN3O3S. The van der Waals surface area contributed by atoms with Crippen LogP contribution in [0.1, 0.15) is 29.6 Å². The lowest BCUT2D eigenvalue weighted by Crippen LogP contribution is -2.33. The van der Waals surface area contributed by atoms with E-state index in [1.54, 1.807) is 24.3 Å². The zero-order valence-electron chi connectivity index (χ0n) is 14.0. The minimum absolute atomic E-state index is 0. The molecule has 2 saturated heterocycles. The molecule has 0 bridgehead atoms. The SMILES string of the molecule is Cl.NC1CCC2CN(C(=O)c3cccc(N4CCCS4(=O)=O)c3)CC12.